The predicted octanol–water partition coefficient (Wildman–Crippen LogP) is 5.44. The van der Waals surface area contributed by atoms with E-state index in [4.69, 9.17) is 4.74 Å². The molecule has 3 nitrogen and oxygen atoms in total. The minimum atomic E-state index is -0.0166. The minimum absolute atomic E-state index is 0.0166. The van der Waals surface area contributed by atoms with Crippen molar-refractivity contribution in [1.82, 2.24) is 9.88 Å². The molecule has 27 heavy (non-hydrogen) atoms. The van der Waals surface area contributed by atoms with Crippen molar-refractivity contribution in [1.29, 1.82) is 0 Å². The van der Waals surface area contributed by atoms with Gasteiger partial charge in [0.1, 0.15) is 0 Å². The lowest BCUT2D eigenvalue weighted by molar-refractivity contribution is -0.0291. The summed E-state index contributed by atoms with van der Waals surface area (Å²) in [6, 6.07) is 8.78. The van der Waals surface area contributed by atoms with Crippen molar-refractivity contribution in [3.63, 3.8) is 0 Å². The minimum Gasteiger partial charge on any atom is -0.378 e. The molecule has 2 atom stereocenters. The molecule has 2 aromatic rings. The Morgan fingerprint density at radius 3 is 2.78 bits per heavy atom. The molecule has 0 bridgehead atoms. The van der Waals surface area contributed by atoms with Gasteiger partial charge in [0, 0.05) is 40.9 Å². The normalized spacial score (nSPS) is 22.3. The molecule has 0 radical (unpaired) electrons. The summed E-state index contributed by atoms with van der Waals surface area (Å²) < 4.78 is 6.15. The first-order valence-electron chi connectivity index (χ1n) is 10.2. The molecule has 2 aromatic heterocycles. The van der Waals surface area contributed by atoms with Gasteiger partial charge in [0.05, 0.1) is 6.10 Å². The first-order valence-corrected chi connectivity index (χ1v) is 11.1. The van der Waals surface area contributed by atoms with Crippen LogP contribution in [0.25, 0.3) is 0 Å². The van der Waals surface area contributed by atoms with E-state index in [0.717, 1.165) is 31.8 Å². The Labute approximate surface area is 168 Å². The molecule has 4 heteroatoms. The monoisotopic (exact) mass is 386 g/mol. The van der Waals surface area contributed by atoms with Gasteiger partial charge in [0.15, 0.2) is 0 Å². The highest BCUT2D eigenvalue weighted by Crippen LogP contribution is 2.44. The van der Waals surface area contributed by atoms with Crippen LogP contribution in [-0.2, 0) is 16.7 Å². The Bertz CT molecular complexity index is 710. The number of thiophene rings is 1. The number of likely N-dealkylation sites (tertiary alicyclic amines) is 1. The second kappa shape index (κ2) is 8.42. The topological polar surface area (TPSA) is 25.4 Å². The molecule has 1 fully saturated rings. The summed E-state index contributed by atoms with van der Waals surface area (Å²) in [5.74, 6) is 0. The maximum atomic E-state index is 6.15. The lowest BCUT2D eigenvalue weighted by Gasteiger charge is -2.40. The summed E-state index contributed by atoms with van der Waals surface area (Å²) in [5.41, 5.74) is 2.57. The number of aromatic nitrogens is 1. The third-order valence-electron chi connectivity index (χ3n) is 6.52. The summed E-state index contributed by atoms with van der Waals surface area (Å²) >= 11 is 1.87. The molecular formula is C23H34N2OS. The number of nitrogens with zero attached hydrogens (tertiary/aromatic N) is 2. The molecule has 3 rings (SSSR count). The van der Waals surface area contributed by atoms with Crippen LogP contribution in [0, 0.1) is 12.3 Å². The fourth-order valence-corrected chi connectivity index (χ4v) is 5.09. The Kier molecular flexibility index (Phi) is 6.39. The molecule has 0 aliphatic carbocycles. The predicted molar refractivity (Wildman–Crippen MR) is 114 cm³/mol. The zero-order chi connectivity index (χ0) is 19.5. The van der Waals surface area contributed by atoms with E-state index < -0.39 is 0 Å². The van der Waals surface area contributed by atoms with E-state index in [-0.39, 0.29) is 17.1 Å². The van der Waals surface area contributed by atoms with Crippen molar-refractivity contribution in [3.8, 4) is 0 Å². The molecule has 1 aliphatic heterocycles. The zero-order valence-electron chi connectivity index (χ0n) is 17.5. The van der Waals surface area contributed by atoms with Crippen molar-refractivity contribution >= 4 is 11.3 Å². The Morgan fingerprint density at radius 2 is 2.15 bits per heavy atom. The lowest BCUT2D eigenvalue weighted by Crippen LogP contribution is -2.44. The number of pyridine rings is 1. The van der Waals surface area contributed by atoms with Crippen LogP contribution in [0.5, 0.6) is 0 Å². The van der Waals surface area contributed by atoms with Crippen LogP contribution in [-0.4, -0.2) is 35.7 Å². The standard InChI is InChI=1S/C23H34N2OS/c1-6-26-19(3)23(12-11-21-8-7-15-27-21)13-14-25(17-23)22(4,5)20-10-9-18(2)24-16-20/h7-10,15-16,19H,6,11-14,17H2,1-5H3/t19?,23-/m1/s1. The highest BCUT2D eigenvalue weighted by atomic mass is 32.1. The van der Waals surface area contributed by atoms with Crippen molar-refractivity contribution in [2.45, 2.75) is 65.5 Å². The fourth-order valence-electron chi connectivity index (χ4n) is 4.38. The van der Waals surface area contributed by atoms with E-state index in [0.29, 0.717) is 0 Å². The summed E-state index contributed by atoms with van der Waals surface area (Å²) in [5, 5.41) is 2.18. The van der Waals surface area contributed by atoms with Crippen LogP contribution >= 0.6 is 11.3 Å². The highest BCUT2D eigenvalue weighted by molar-refractivity contribution is 7.09. The second-order valence-electron chi connectivity index (χ2n) is 8.46. The number of hydrogen-bond donors (Lipinski definition) is 0. The first-order chi connectivity index (χ1) is 12.9. The molecular weight excluding hydrogens is 352 g/mol. The molecule has 0 N–H and O–H groups in total. The highest BCUT2D eigenvalue weighted by Gasteiger charge is 2.46. The van der Waals surface area contributed by atoms with E-state index >= 15 is 0 Å². The lowest BCUT2D eigenvalue weighted by atomic mass is 9.77. The fraction of sp³-hybridized carbons (Fsp3) is 0.609. The summed E-state index contributed by atoms with van der Waals surface area (Å²) in [6.07, 6.45) is 5.86. The van der Waals surface area contributed by atoms with Gasteiger partial charge in [-0.25, -0.2) is 0 Å². The van der Waals surface area contributed by atoms with E-state index in [9.17, 15) is 0 Å². The van der Waals surface area contributed by atoms with Gasteiger partial charge in [-0.15, -0.1) is 11.3 Å². The summed E-state index contributed by atoms with van der Waals surface area (Å²) in [6.45, 7) is 14.1. The molecule has 1 aliphatic rings. The van der Waals surface area contributed by atoms with Crippen LogP contribution < -0.4 is 0 Å². The Morgan fingerprint density at radius 1 is 1.33 bits per heavy atom. The third-order valence-corrected chi connectivity index (χ3v) is 7.46. The molecule has 0 spiro atoms. The molecule has 0 amide bonds. The molecule has 3 heterocycles. The van der Waals surface area contributed by atoms with Gasteiger partial charge in [-0.05, 0) is 83.5 Å². The van der Waals surface area contributed by atoms with E-state index in [2.05, 4.69) is 67.2 Å². The average Bonchev–Trinajstić information content (AvgIpc) is 3.31. The largest absolute Gasteiger partial charge is 0.378 e. The van der Waals surface area contributed by atoms with E-state index in [1.165, 1.54) is 23.3 Å². The van der Waals surface area contributed by atoms with E-state index in [1.54, 1.807) is 0 Å². The van der Waals surface area contributed by atoms with E-state index in [1.807, 2.05) is 24.5 Å². The van der Waals surface area contributed by atoms with Gasteiger partial charge in [-0.1, -0.05) is 12.1 Å². The third kappa shape index (κ3) is 4.44. The van der Waals surface area contributed by atoms with Gasteiger partial charge in [0.25, 0.3) is 0 Å². The maximum Gasteiger partial charge on any atom is 0.0615 e. The molecule has 0 aromatic carbocycles. The molecule has 0 saturated carbocycles. The average molecular weight is 387 g/mol. The number of rotatable bonds is 8. The Hall–Kier alpha value is -1.23. The maximum absolute atomic E-state index is 6.15. The van der Waals surface area contributed by atoms with Crippen molar-refractivity contribution < 1.29 is 4.74 Å². The van der Waals surface area contributed by atoms with Crippen LogP contribution in [0.2, 0.25) is 0 Å². The van der Waals surface area contributed by atoms with Crippen LogP contribution in [0.3, 0.4) is 0 Å². The Balaban J connectivity index is 1.78. The van der Waals surface area contributed by atoms with Crippen molar-refractivity contribution in [3.05, 3.63) is 52.0 Å². The van der Waals surface area contributed by atoms with Crippen LogP contribution in [0.1, 0.15) is 56.7 Å². The van der Waals surface area contributed by atoms with Gasteiger partial charge in [0.2, 0.25) is 0 Å². The van der Waals surface area contributed by atoms with Gasteiger partial charge >= 0.3 is 0 Å². The van der Waals surface area contributed by atoms with Gasteiger partial charge in [-0.3, -0.25) is 9.88 Å². The smallest absolute Gasteiger partial charge is 0.0615 e. The van der Waals surface area contributed by atoms with Gasteiger partial charge < -0.3 is 4.74 Å². The first kappa shape index (κ1) is 20.5. The molecule has 1 unspecified atom stereocenters. The van der Waals surface area contributed by atoms with Crippen molar-refractivity contribution in [2.75, 3.05) is 19.7 Å². The SMILES string of the molecule is CCOC(C)[C@]1(CCc2cccs2)CCN(C(C)(C)c2ccc(C)nc2)C1. The zero-order valence-corrected chi connectivity index (χ0v) is 18.3. The van der Waals surface area contributed by atoms with Gasteiger partial charge in [-0.2, -0.15) is 0 Å². The number of hydrogen-bond acceptors (Lipinski definition) is 4. The quantitative estimate of drug-likeness (QED) is 0.604. The molecule has 1 saturated heterocycles. The summed E-state index contributed by atoms with van der Waals surface area (Å²) in [7, 11) is 0. The van der Waals surface area contributed by atoms with Crippen LogP contribution in [0.4, 0.5) is 0 Å². The molecule has 148 valence electrons. The van der Waals surface area contributed by atoms with Crippen molar-refractivity contribution in [2.24, 2.45) is 5.41 Å². The van der Waals surface area contributed by atoms with Crippen LogP contribution in [0.15, 0.2) is 35.8 Å². The second-order valence-corrected chi connectivity index (χ2v) is 9.49. The number of ether oxygens (including phenoxy) is 1. The summed E-state index contributed by atoms with van der Waals surface area (Å²) in [4.78, 5) is 8.66. The number of aryl methyl sites for hydroxylation is 2.